The van der Waals surface area contributed by atoms with Crippen LogP contribution in [0.5, 0.6) is 5.75 Å². The number of carbonyl (C=O) groups excluding carboxylic acids is 1. The Balaban J connectivity index is 1.98. The van der Waals surface area contributed by atoms with Gasteiger partial charge < -0.3 is 19.6 Å². The van der Waals surface area contributed by atoms with E-state index in [1.807, 2.05) is 37.3 Å². The summed E-state index contributed by atoms with van der Waals surface area (Å²) in [6.45, 7) is 2.27. The smallest absolute Gasteiger partial charge is 0.287 e. The molecule has 1 amide bonds. The first-order chi connectivity index (χ1) is 10.7. The van der Waals surface area contributed by atoms with Crippen molar-refractivity contribution in [3.05, 3.63) is 54.0 Å². The largest absolute Gasteiger partial charge is 0.489 e. The molecule has 0 spiro atoms. The summed E-state index contributed by atoms with van der Waals surface area (Å²) in [6.07, 6.45) is 2.76. The maximum atomic E-state index is 12.2. The monoisotopic (exact) mass is 303 g/mol. The van der Waals surface area contributed by atoms with Crippen molar-refractivity contribution in [2.24, 2.45) is 0 Å². The summed E-state index contributed by atoms with van der Waals surface area (Å²) >= 11 is 0. The number of hydrogen-bond donors (Lipinski definition) is 2. The molecule has 0 radical (unpaired) electrons. The Morgan fingerprint density at radius 3 is 2.77 bits per heavy atom. The topological polar surface area (TPSA) is 71.7 Å². The molecule has 0 saturated carbocycles. The molecule has 1 atom stereocenters. The molecule has 2 aromatic rings. The molecule has 22 heavy (non-hydrogen) atoms. The van der Waals surface area contributed by atoms with Crippen LogP contribution in [0.1, 0.15) is 35.9 Å². The number of hydrogen-bond acceptors (Lipinski definition) is 4. The van der Waals surface area contributed by atoms with Crippen molar-refractivity contribution in [1.29, 1.82) is 0 Å². The minimum absolute atomic E-state index is 0.0426. The average Bonchev–Trinajstić information content (AvgIpc) is 3.02. The minimum atomic E-state index is -0.281. The molecule has 1 aromatic carbocycles. The van der Waals surface area contributed by atoms with Crippen molar-refractivity contribution in [1.82, 2.24) is 5.32 Å². The predicted octanol–water partition coefficient (Wildman–Crippen LogP) is 2.75. The summed E-state index contributed by atoms with van der Waals surface area (Å²) in [4.78, 5) is 12.2. The van der Waals surface area contributed by atoms with E-state index in [-0.39, 0.29) is 30.9 Å². The van der Waals surface area contributed by atoms with Gasteiger partial charge in [-0.3, -0.25) is 4.79 Å². The zero-order valence-corrected chi connectivity index (χ0v) is 12.6. The van der Waals surface area contributed by atoms with Crippen LogP contribution in [0.3, 0.4) is 0 Å². The van der Waals surface area contributed by atoms with Crippen molar-refractivity contribution >= 4 is 5.91 Å². The molecule has 1 unspecified atom stereocenters. The van der Waals surface area contributed by atoms with Gasteiger partial charge in [0, 0.05) is 18.2 Å². The van der Waals surface area contributed by atoms with Gasteiger partial charge in [0.25, 0.3) is 5.91 Å². The molecular formula is C17H21NO4. The van der Waals surface area contributed by atoms with Gasteiger partial charge in [-0.25, -0.2) is 0 Å². The molecule has 2 rings (SSSR count). The van der Waals surface area contributed by atoms with Gasteiger partial charge in [-0.2, -0.15) is 0 Å². The van der Waals surface area contributed by atoms with Gasteiger partial charge in [-0.05, 0) is 31.0 Å². The van der Waals surface area contributed by atoms with Gasteiger partial charge in [0.05, 0.1) is 6.26 Å². The fourth-order valence-electron chi connectivity index (χ4n) is 2.11. The minimum Gasteiger partial charge on any atom is -0.489 e. The first kappa shape index (κ1) is 16.1. The molecule has 1 heterocycles. The lowest BCUT2D eigenvalue weighted by Gasteiger charge is -2.15. The number of benzene rings is 1. The Hall–Kier alpha value is -2.27. The van der Waals surface area contributed by atoms with Crippen LogP contribution in [0, 0.1) is 0 Å². The van der Waals surface area contributed by atoms with Gasteiger partial charge in [-0.1, -0.05) is 25.1 Å². The van der Waals surface area contributed by atoms with Crippen molar-refractivity contribution < 1.29 is 19.1 Å². The van der Waals surface area contributed by atoms with Crippen LogP contribution in [-0.2, 0) is 6.61 Å². The van der Waals surface area contributed by atoms with E-state index in [2.05, 4.69) is 5.32 Å². The zero-order valence-electron chi connectivity index (χ0n) is 12.6. The average molecular weight is 303 g/mol. The lowest BCUT2D eigenvalue weighted by Crippen LogP contribution is -2.35. The van der Waals surface area contributed by atoms with Gasteiger partial charge in [0.15, 0.2) is 5.76 Å². The van der Waals surface area contributed by atoms with E-state index in [1.54, 1.807) is 6.07 Å². The number of rotatable bonds is 8. The molecule has 118 valence electrons. The third kappa shape index (κ3) is 4.36. The molecule has 0 aliphatic heterocycles. The second-order valence-electron chi connectivity index (χ2n) is 4.97. The summed E-state index contributed by atoms with van der Waals surface area (Å²) < 4.78 is 10.9. The number of amides is 1. The quantitative estimate of drug-likeness (QED) is 0.786. The highest BCUT2D eigenvalue weighted by molar-refractivity contribution is 5.93. The highest BCUT2D eigenvalue weighted by Crippen LogP contribution is 2.16. The summed E-state index contributed by atoms with van der Waals surface area (Å²) in [5.41, 5.74) is 0.695. The zero-order chi connectivity index (χ0) is 15.8. The van der Waals surface area contributed by atoms with Crippen molar-refractivity contribution in [3.63, 3.8) is 0 Å². The van der Waals surface area contributed by atoms with Crippen LogP contribution in [0.4, 0.5) is 0 Å². The third-order valence-electron chi connectivity index (χ3n) is 3.40. The van der Waals surface area contributed by atoms with Crippen molar-refractivity contribution in [3.8, 4) is 5.75 Å². The lowest BCUT2D eigenvalue weighted by atomic mass is 10.1. The van der Waals surface area contributed by atoms with Gasteiger partial charge in [0.1, 0.15) is 12.4 Å². The van der Waals surface area contributed by atoms with Crippen LogP contribution in [-0.4, -0.2) is 23.7 Å². The van der Waals surface area contributed by atoms with Gasteiger partial charge in [0.2, 0.25) is 0 Å². The van der Waals surface area contributed by atoms with E-state index in [4.69, 9.17) is 14.3 Å². The van der Waals surface area contributed by atoms with Crippen LogP contribution >= 0.6 is 0 Å². The van der Waals surface area contributed by atoms with Gasteiger partial charge in [-0.15, -0.1) is 0 Å². The fraction of sp³-hybridized carbons (Fsp3) is 0.353. The lowest BCUT2D eigenvalue weighted by molar-refractivity contribution is 0.0897. The van der Waals surface area contributed by atoms with Crippen LogP contribution in [0.2, 0.25) is 0 Å². The first-order valence-corrected chi connectivity index (χ1v) is 7.40. The number of ether oxygens (including phenoxy) is 1. The van der Waals surface area contributed by atoms with Crippen LogP contribution in [0.25, 0.3) is 0 Å². The standard InChI is InChI=1S/C17H21NO4/c1-2-14(8-10-19)18-17(20)16-13(9-11-21-16)12-22-15-6-4-3-5-7-15/h3-7,9,11,14,19H,2,8,10,12H2,1H3,(H,18,20). The molecule has 0 aliphatic carbocycles. The second-order valence-corrected chi connectivity index (χ2v) is 4.97. The van der Waals surface area contributed by atoms with E-state index in [0.717, 1.165) is 12.2 Å². The highest BCUT2D eigenvalue weighted by atomic mass is 16.5. The Bertz CT molecular complexity index is 579. The number of furan rings is 1. The molecule has 2 N–H and O–H groups in total. The predicted molar refractivity (Wildman–Crippen MR) is 82.7 cm³/mol. The molecule has 1 aromatic heterocycles. The molecule has 5 nitrogen and oxygen atoms in total. The summed E-state index contributed by atoms with van der Waals surface area (Å²) in [5, 5.41) is 11.8. The normalized spacial score (nSPS) is 11.9. The number of carbonyl (C=O) groups is 1. The van der Waals surface area contributed by atoms with E-state index in [1.165, 1.54) is 6.26 Å². The highest BCUT2D eigenvalue weighted by Gasteiger charge is 2.18. The maximum absolute atomic E-state index is 12.2. The third-order valence-corrected chi connectivity index (χ3v) is 3.40. The SMILES string of the molecule is CCC(CCO)NC(=O)c1occc1COc1ccccc1. The summed E-state index contributed by atoms with van der Waals surface area (Å²) in [5.74, 6) is 0.714. The molecular weight excluding hydrogens is 282 g/mol. The Morgan fingerprint density at radius 2 is 2.09 bits per heavy atom. The molecule has 5 heteroatoms. The van der Waals surface area contributed by atoms with E-state index in [9.17, 15) is 4.79 Å². The number of aliphatic hydroxyl groups excluding tert-OH is 1. The molecule has 0 saturated heterocycles. The molecule has 0 fully saturated rings. The van der Waals surface area contributed by atoms with Crippen LogP contribution in [0.15, 0.2) is 47.1 Å². The number of aliphatic hydroxyl groups is 1. The van der Waals surface area contributed by atoms with E-state index < -0.39 is 0 Å². The Morgan fingerprint density at radius 1 is 1.32 bits per heavy atom. The first-order valence-electron chi connectivity index (χ1n) is 7.40. The molecule has 0 aliphatic rings. The van der Waals surface area contributed by atoms with Gasteiger partial charge >= 0.3 is 0 Å². The van der Waals surface area contributed by atoms with Crippen LogP contribution < -0.4 is 10.1 Å². The Labute approximate surface area is 129 Å². The summed E-state index contributed by atoms with van der Waals surface area (Å²) in [7, 11) is 0. The summed E-state index contributed by atoms with van der Waals surface area (Å²) in [6, 6.07) is 11.1. The van der Waals surface area contributed by atoms with E-state index in [0.29, 0.717) is 12.0 Å². The maximum Gasteiger partial charge on any atom is 0.287 e. The molecule has 0 bridgehead atoms. The van der Waals surface area contributed by atoms with Crippen molar-refractivity contribution in [2.45, 2.75) is 32.4 Å². The Kier molecular flexibility index (Phi) is 6.03. The second kappa shape index (κ2) is 8.24. The number of nitrogens with one attached hydrogen (secondary N) is 1. The number of para-hydroxylation sites is 1. The van der Waals surface area contributed by atoms with E-state index >= 15 is 0 Å². The van der Waals surface area contributed by atoms with Crippen molar-refractivity contribution in [2.75, 3.05) is 6.61 Å². The fourth-order valence-corrected chi connectivity index (χ4v) is 2.11.